The van der Waals surface area contributed by atoms with E-state index < -0.39 is 15.4 Å². The molecule has 168 valence electrons. The largest absolute Gasteiger partial charge is 0.490 e. The lowest BCUT2D eigenvalue weighted by Gasteiger charge is -2.28. The van der Waals surface area contributed by atoms with Crippen LogP contribution < -0.4 is 14.4 Å². The molecular formula is C23H29ClN2O4S. The second-order valence-corrected chi connectivity index (χ2v) is 11.1. The van der Waals surface area contributed by atoms with Gasteiger partial charge in [0.25, 0.3) is 0 Å². The summed E-state index contributed by atoms with van der Waals surface area (Å²) in [6.07, 6.45) is 0.858. The Morgan fingerprint density at radius 1 is 1.16 bits per heavy atom. The van der Waals surface area contributed by atoms with Crippen molar-refractivity contribution in [3.8, 4) is 5.75 Å². The van der Waals surface area contributed by atoms with Crippen molar-refractivity contribution < 1.29 is 17.9 Å². The summed E-state index contributed by atoms with van der Waals surface area (Å²) in [7, 11) is -3.63. The predicted octanol–water partition coefficient (Wildman–Crippen LogP) is 5.08. The fourth-order valence-corrected chi connectivity index (χ4v) is 4.65. The molecule has 0 unspecified atom stereocenters. The first-order valence-corrected chi connectivity index (χ1v) is 12.3. The Balaban J connectivity index is 1.85. The maximum absolute atomic E-state index is 13.1. The van der Waals surface area contributed by atoms with Crippen molar-refractivity contribution >= 4 is 38.9 Å². The number of ether oxygens (including phenoxy) is 1. The van der Waals surface area contributed by atoms with E-state index >= 15 is 0 Å². The van der Waals surface area contributed by atoms with Crippen LogP contribution in [0.2, 0.25) is 5.02 Å². The second kappa shape index (κ2) is 9.09. The molecule has 1 heterocycles. The number of amides is 1. The van der Waals surface area contributed by atoms with Crippen LogP contribution in [-0.2, 0) is 20.6 Å². The average Bonchev–Trinajstić information content (AvgIpc) is 2.77. The van der Waals surface area contributed by atoms with Crippen LogP contribution in [0.25, 0.3) is 0 Å². The number of carbonyl (C=O) groups is 1. The molecule has 0 fully saturated rings. The highest BCUT2D eigenvalue weighted by molar-refractivity contribution is 7.91. The Morgan fingerprint density at radius 3 is 2.48 bits per heavy atom. The normalized spacial score (nSPS) is 15.9. The van der Waals surface area contributed by atoms with E-state index in [0.717, 1.165) is 6.42 Å². The van der Waals surface area contributed by atoms with E-state index in [0.29, 0.717) is 40.2 Å². The summed E-state index contributed by atoms with van der Waals surface area (Å²) in [6, 6.07) is 11.7. The van der Waals surface area contributed by atoms with E-state index in [1.807, 2.05) is 13.8 Å². The number of carbonyl (C=O) groups excluding carboxylic acids is 1. The number of rotatable bonds is 7. The molecule has 0 bridgehead atoms. The molecule has 0 spiro atoms. The van der Waals surface area contributed by atoms with Gasteiger partial charge in [-0.25, -0.2) is 8.42 Å². The highest BCUT2D eigenvalue weighted by atomic mass is 35.5. The molecule has 8 heteroatoms. The monoisotopic (exact) mass is 464 g/mol. The first-order valence-electron chi connectivity index (χ1n) is 10.3. The zero-order chi connectivity index (χ0) is 22.8. The SMILES string of the molecule is CC(C)CCN1C(=O)C(C)(C)COc2cc(NS(=O)(=O)Cc3ccc(Cl)cc3)ccc21. The second-order valence-electron chi connectivity index (χ2n) is 8.98. The molecule has 1 N–H and O–H groups in total. The van der Waals surface area contributed by atoms with Crippen LogP contribution in [0.5, 0.6) is 5.75 Å². The number of benzene rings is 2. The molecule has 1 aliphatic rings. The maximum atomic E-state index is 13.1. The summed E-state index contributed by atoms with van der Waals surface area (Å²) in [5.74, 6) is 0.772. The van der Waals surface area contributed by atoms with Crippen LogP contribution in [0, 0.1) is 11.3 Å². The van der Waals surface area contributed by atoms with Crippen molar-refractivity contribution in [1.82, 2.24) is 0 Å². The third-order valence-corrected chi connectivity index (χ3v) is 6.65. The van der Waals surface area contributed by atoms with Gasteiger partial charge in [-0.05, 0) is 56.0 Å². The zero-order valence-electron chi connectivity index (χ0n) is 18.3. The van der Waals surface area contributed by atoms with Crippen molar-refractivity contribution in [1.29, 1.82) is 0 Å². The molecule has 6 nitrogen and oxygen atoms in total. The van der Waals surface area contributed by atoms with E-state index in [9.17, 15) is 13.2 Å². The minimum Gasteiger partial charge on any atom is -0.490 e. The minimum atomic E-state index is -3.63. The Labute approximate surface area is 189 Å². The van der Waals surface area contributed by atoms with E-state index in [1.54, 1.807) is 47.4 Å². The molecule has 1 aliphatic heterocycles. The third kappa shape index (κ3) is 5.92. The van der Waals surface area contributed by atoms with Gasteiger partial charge in [0.2, 0.25) is 15.9 Å². The van der Waals surface area contributed by atoms with Crippen molar-refractivity contribution in [2.45, 2.75) is 39.9 Å². The number of fused-ring (bicyclic) bond motifs is 1. The number of anilines is 2. The molecule has 2 aromatic carbocycles. The highest BCUT2D eigenvalue weighted by Gasteiger charge is 2.37. The lowest BCUT2D eigenvalue weighted by molar-refractivity contribution is -0.127. The topological polar surface area (TPSA) is 75.7 Å². The number of nitrogens with one attached hydrogen (secondary N) is 1. The molecular weight excluding hydrogens is 436 g/mol. The first kappa shape index (κ1) is 23.4. The molecule has 0 saturated heterocycles. The van der Waals surface area contributed by atoms with Crippen LogP contribution in [0.3, 0.4) is 0 Å². The summed E-state index contributed by atoms with van der Waals surface area (Å²) >= 11 is 5.87. The van der Waals surface area contributed by atoms with E-state index in [4.69, 9.17) is 16.3 Å². The fraction of sp³-hybridized carbons (Fsp3) is 0.435. The summed E-state index contributed by atoms with van der Waals surface area (Å²) in [6.45, 7) is 8.75. The molecule has 31 heavy (non-hydrogen) atoms. The molecule has 0 atom stereocenters. The summed E-state index contributed by atoms with van der Waals surface area (Å²) in [4.78, 5) is 14.9. The smallest absolute Gasteiger partial charge is 0.236 e. The number of hydrogen-bond acceptors (Lipinski definition) is 4. The molecule has 0 aliphatic carbocycles. The first-order chi connectivity index (χ1) is 14.5. The minimum absolute atomic E-state index is 0.00275. The molecule has 3 rings (SSSR count). The highest BCUT2D eigenvalue weighted by Crippen LogP contribution is 2.38. The molecule has 2 aromatic rings. The molecule has 0 radical (unpaired) electrons. The molecule has 0 saturated carbocycles. The van der Waals surface area contributed by atoms with Gasteiger partial charge in [0.05, 0.1) is 22.5 Å². The Kier molecular flexibility index (Phi) is 6.86. The lowest BCUT2D eigenvalue weighted by Crippen LogP contribution is -2.42. The number of halogens is 1. The number of nitrogens with zero attached hydrogens (tertiary/aromatic N) is 1. The van der Waals surface area contributed by atoms with E-state index in [2.05, 4.69) is 18.6 Å². The van der Waals surface area contributed by atoms with Gasteiger partial charge >= 0.3 is 0 Å². The van der Waals surface area contributed by atoms with E-state index in [1.165, 1.54) is 0 Å². The van der Waals surface area contributed by atoms with Gasteiger partial charge in [0.15, 0.2) is 0 Å². The maximum Gasteiger partial charge on any atom is 0.236 e. The van der Waals surface area contributed by atoms with Gasteiger partial charge in [0, 0.05) is 17.6 Å². The standard InChI is InChI=1S/C23H29ClN2O4S/c1-16(2)11-12-26-20-10-9-19(13-21(20)30-15-23(3,4)22(26)27)25-31(28,29)14-17-5-7-18(24)8-6-17/h5-10,13,16,25H,11-12,14-15H2,1-4H3. The predicted molar refractivity (Wildman–Crippen MR) is 125 cm³/mol. The Morgan fingerprint density at radius 2 is 1.84 bits per heavy atom. The van der Waals surface area contributed by atoms with Crippen molar-refractivity contribution in [3.05, 3.63) is 53.1 Å². The van der Waals surface area contributed by atoms with Crippen LogP contribution in [0.15, 0.2) is 42.5 Å². The van der Waals surface area contributed by atoms with Crippen molar-refractivity contribution in [3.63, 3.8) is 0 Å². The molecule has 0 aromatic heterocycles. The van der Waals surface area contributed by atoms with Crippen molar-refractivity contribution in [2.75, 3.05) is 22.8 Å². The summed E-state index contributed by atoms with van der Waals surface area (Å²) in [5, 5.41) is 0.552. The van der Waals surface area contributed by atoms with Gasteiger partial charge in [-0.1, -0.05) is 37.6 Å². The van der Waals surface area contributed by atoms with Crippen LogP contribution in [0.1, 0.15) is 39.7 Å². The van der Waals surface area contributed by atoms with Gasteiger partial charge in [-0.2, -0.15) is 0 Å². The van der Waals surface area contributed by atoms with Gasteiger partial charge in [-0.3, -0.25) is 9.52 Å². The van der Waals surface area contributed by atoms with Gasteiger partial charge < -0.3 is 9.64 Å². The summed E-state index contributed by atoms with van der Waals surface area (Å²) < 4.78 is 33.8. The quantitative estimate of drug-likeness (QED) is 0.620. The number of sulfonamides is 1. The van der Waals surface area contributed by atoms with Crippen LogP contribution >= 0.6 is 11.6 Å². The molecule has 1 amide bonds. The zero-order valence-corrected chi connectivity index (χ0v) is 19.9. The Bertz CT molecular complexity index is 1050. The third-order valence-electron chi connectivity index (χ3n) is 5.14. The van der Waals surface area contributed by atoms with Gasteiger partial charge in [-0.15, -0.1) is 0 Å². The number of hydrogen-bond donors (Lipinski definition) is 1. The van der Waals surface area contributed by atoms with Crippen LogP contribution in [0.4, 0.5) is 11.4 Å². The van der Waals surface area contributed by atoms with Crippen LogP contribution in [-0.4, -0.2) is 27.5 Å². The Hall–Kier alpha value is -2.25. The lowest BCUT2D eigenvalue weighted by atomic mass is 9.92. The summed E-state index contributed by atoms with van der Waals surface area (Å²) in [5.41, 5.74) is 1.01. The van der Waals surface area contributed by atoms with Crippen molar-refractivity contribution in [2.24, 2.45) is 11.3 Å². The fourth-order valence-electron chi connectivity index (χ4n) is 3.34. The average molecular weight is 465 g/mol. The van der Waals surface area contributed by atoms with E-state index in [-0.39, 0.29) is 18.3 Å². The van der Waals surface area contributed by atoms with Gasteiger partial charge in [0.1, 0.15) is 12.4 Å².